The molecule has 2 nitrogen and oxygen atoms in total. The van der Waals surface area contributed by atoms with Gasteiger partial charge in [-0.25, -0.2) is 4.79 Å². The van der Waals surface area contributed by atoms with Crippen molar-refractivity contribution in [3.63, 3.8) is 0 Å². The first-order valence-corrected chi connectivity index (χ1v) is 3.37. The lowest BCUT2D eigenvalue weighted by molar-refractivity contribution is 0.0600. The van der Waals surface area contributed by atoms with Crippen molar-refractivity contribution in [2.75, 3.05) is 7.11 Å². The summed E-state index contributed by atoms with van der Waals surface area (Å²) in [4.78, 5) is 10.9. The quantitative estimate of drug-likeness (QED) is 0.601. The van der Waals surface area contributed by atoms with Gasteiger partial charge >= 0.3 is 5.97 Å². The van der Waals surface area contributed by atoms with Crippen molar-refractivity contribution in [1.82, 2.24) is 0 Å². The van der Waals surface area contributed by atoms with Crippen molar-refractivity contribution in [1.29, 1.82) is 0 Å². The first-order chi connectivity index (χ1) is 5.24. The zero-order valence-corrected chi connectivity index (χ0v) is 6.68. The highest BCUT2D eigenvalue weighted by molar-refractivity contribution is 6.30. The third-order valence-electron chi connectivity index (χ3n) is 1.17. The van der Waals surface area contributed by atoms with E-state index in [9.17, 15) is 4.79 Å². The molecule has 0 aliphatic rings. The van der Waals surface area contributed by atoms with E-state index in [1.807, 2.05) is 0 Å². The molecule has 1 rings (SSSR count). The Bertz CT molecular complexity index is 271. The van der Waals surface area contributed by atoms with Crippen molar-refractivity contribution < 1.29 is 9.53 Å². The smallest absolute Gasteiger partial charge is 0.337 e. The number of methoxy groups -OCH3 is 1. The monoisotopic (exact) mass is 169 g/mol. The van der Waals surface area contributed by atoms with E-state index in [4.69, 9.17) is 11.6 Å². The maximum atomic E-state index is 10.9. The van der Waals surface area contributed by atoms with Crippen LogP contribution in [-0.2, 0) is 4.74 Å². The summed E-state index contributed by atoms with van der Waals surface area (Å²) >= 11 is 5.61. The molecule has 0 saturated carbocycles. The van der Waals surface area contributed by atoms with E-state index >= 15 is 0 Å². The minimum Gasteiger partial charge on any atom is -0.465 e. The molecule has 0 atom stereocenters. The summed E-state index contributed by atoms with van der Waals surface area (Å²) < 4.78 is 4.47. The number of hydrogen-bond acceptors (Lipinski definition) is 2. The summed E-state index contributed by atoms with van der Waals surface area (Å²) in [5.41, 5.74) is 0.417. The average molecular weight is 170 g/mol. The Morgan fingerprint density at radius 3 is 2.91 bits per heavy atom. The number of hydrogen-bond donors (Lipinski definition) is 0. The van der Waals surface area contributed by atoms with Gasteiger partial charge in [0.2, 0.25) is 0 Å². The van der Waals surface area contributed by atoms with Crippen molar-refractivity contribution in [3.8, 4) is 0 Å². The molecule has 0 spiro atoms. The third-order valence-corrected chi connectivity index (χ3v) is 1.39. The van der Waals surface area contributed by atoms with Crippen molar-refractivity contribution >= 4 is 17.6 Å². The number of carbonyl (C=O) groups is 1. The van der Waals surface area contributed by atoms with Gasteiger partial charge in [0, 0.05) is 5.02 Å². The van der Waals surface area contributed by atoms with Gasteiger partial charge in [0.25, 0.3) is 0 Å². The highest BCUT2D eigenvalue weighted by Crippen LogP contribution is 2.10. The molecule has 0 N–H and O–H groups in total. The molecule has 57 valence electrons. The van der Waals surface area contributed by atoms with E-state index in [2.05, 4.69) is 10.8 Å². The van der Waals surface area contributed by atoms with Crippen LogP contribution in [0.5, 0.6) is 0 Å². The number of rotatable bonds is 1. The van der Waals surface area contributed by atoms with Crippen LogP contribution in [0, 0.1) is 6.07 Å². The average Bonchev–Trinajstić information content (AvgIpc) is 2.03. The molecule has 0 bridgehead atoms. The van der Waals surface area contributed by atoms with Gasteiger partial charge in [0.1, 0.15) is 0 Å². The topological polar surface area (TPSA) is 26.3 Å². The van der Waals surface area contributed by atoms with Crippen molar-refractivity contribution in [2.45, 2.75) is 0 Å². The molecule has 0 aliphatic carbocycles. The molecule has 0 unspecified atom stereocenters. The molecule has 0 fully saturated rings. The van der Waals surface area contributed by atoms with Crippen LogP contribution in [0.15, 0.2) is 18.2 Å². The summed E-state index contributed by atoms with van der Waals surface area (Å²) in [6, 6.07) is 7.35. The molecule has 0 amide bonds. The lowest BCUT2D eigenvalue weighted by Crippen LogP contribution is -2.00. The van der Waals surface area contributed by atoms with Gasteiger partial charge in [-0.3, -0.25) is 0 Å². The van der Waals surface area contributed by atoms with E-state index in [0.29, 0.717) is 10.6 Å². The van der Waals surface area contributed by atoms with E-state index in [0.717, 1.165) is 0 Å². The largest absolute Gasteiger partial charge is 0.465 e. The minimum atomic E-state index is -0.399. The predicted molar refractivity (Wildman–Crippen MR) is 41.6 cm³/mol. The molecule has 0 aliphatic heterocycles. The summed E-state index contributed by atoms with van der Waals surface area (Å²) in [6.45, 7) is 0. The number of halogens is 1. The number of esters is 1. The Labute approximate surface area is 69.7 Å². The standard InChI is InChI=1S/C8H6ClO2/c1-11-8(10)6-3-2-4-7(9)5-6/h3-5H,1H3. The maximum absolute atomic E-state index is 10.9. The minimum absolute atomic E-state index is 0.399. The normalized spacial score (nSPS) is 9.27. The fourth-order valence-electron chi connectivity index (χ4n) is 0.679. The van der Waals surface area contributed by atoms with Crippen LogP contribution in [-0.4, -0.2) is 13.1 Å². The van der Waals surface area contributed by atoms with E-state index in [-0.39, 0.29) is 0 Å². The first-order valence-electron chi connectivity index (χ1n) is 2.99. The van der Waals surface area contributed by atoms with Crippen LogP contribution in [0.4, 0.5) is 0 Å². The Kier molecular flexibility index (Phi) is 2.49. The van der Waals surface area contributed by atoms with E-state index in [1.54, 1.807) is 6.07 Å². The van der Waals surface area contributed by atoms with E-state index in [1.165, 1.54) is 19.2 Å². The van der Waals surface area contributed by atoms with Crippen LogP contribution < -0.4 is 0 Å². The van der Waals surface area contributed by atoms with Crippen LogP contribution in [0.1, 0.15) is 10.4 Å². The van der Waals surface area contributed by atoms with Gasteiger partial charge in [-0.1, -0.05) is 11.6 Å². The highest BCUT2D eigenvalue weighted by Gasteiger charge is 2.03. The zero-order chi connectivity index (χ0) is 8.27. The Balaban J connectivity index is 2.96. The Morgan fingerprint density at radius 2 is 2.36 bits per heavy atom. The van der Waals surface area contributed by atoms with Gasteiger partial charge in [-0.15, -0.1) is 0 Å². The summed E-state index contributed by atoms with van der Waals surface area (Å²) in [5, 5.41) is 0.480. The number of carbonyl (C=O) groups excluding carboxylic acids is 1. The van der Waals surface area contributed by atoms with Gasteiger partial charge in [0.15, 0.2) is 0 Å². The lowest BCUT2D eigenvalue weighted by Gasteiger charge is -1.97. The molecular weight excluding hydrogens is 164 g/mol. The Hall–Kier alpha value is -1.02. The predicted octanol–water partition coefficient (Wildman–Crippen LogP) is 1.93. The van der Waals surface area contributed by atoms with Crippen LogP contribution in [0.3, 0.4) is 0 Å². The van der Waals surface area contributed by atoms with Gasteiger partial charge < -0.3 is 4.74 Å². The van der Waals surface area contributed by atoms with Crippen LogP contribution in [0.25, 0.3) is 0 Å². The second kappa shape index (κ2) is 3.39. The lowest BCUT2D eigenvalue weighted by atomic mass is 10.2. The third kappa shape index (κ3) is 1.95. The molecule has 1 radical (unpaired) electrons. The fourth-order valence-corrected chi connectivity index (χ4v) is 0.859. The first kappa shape index (κ1) is 8.08. The fraction of sp³-hybridized carbons (Fsp3) is 0.125. The zero-order valence-electron chi connectivity index (χ0n) is 5.93. The molecule has 1 aromatic rings. The molecule has 1 aromatic carbocycles. The number of ether oxygens (including phenoxy) is 1. The second-order valence-corrected chi connectivity index (χ2v) is 2.37. The summed E-state index contributed by atoms with van der Waals surface area (Å²) in [6.07, 6.45) is 0. The van der Waals surface area contributed by atoms with E-state index < -0.39 is 5.97 Å². The van der Waals surface area contributed by atoms with Gasteiger partial charge in [-0.2, -0.15) is 0 Å². The van der Waals surface area contributed by atoms with Crippen LogP contribution >= 0.6 is 11.6 Å². The number of benzene rings is 1. The Morgan fingerprint density at radius 1 is 1.64 bits per heavy atom. The molecule has 0 aromatic heterocycles. The molecule has 0 saturated heterocycles. The van der Waals surface area contributed by atoms with Crippen molar-refractivity contribution in [3.05, 3.63) is 34.9 Å². The maximum Gasteiger partial charge on any atom is 0.337 e. The second-order valence-electron chi connectivity index (χ2n) is 1.93. The SMILES string of the molecule is COC(=O)c1c[c]cc(Cl)c1. The van der Waals surface area contributed by atoms with Crippen LogP contribution in [0.2, 0.25) is 5.02 Å². The molecule has 0 heterocycles. The molecule has 11 heavy (non-hydrogen) atoms. The van der Waals surface area contributed by atoms with Gasteiger partial charge in [0.05, 0.1) is 12.7 Å². The highest BCUT2D eigenvalue weighted by atomic mass is 35.5. The summed E-state index contributed by atoms with van der Waals surface area (Å²) in [7, 11) is 1.32. The summed E-state index contributed by atoms with van der Waals surface area (Å²) in [5.74, 6) is -0.399. The molecule has 3 heteroatoms. The van der Waals surface area contributed by atoms with Gasteiger partial charge in [-0.05, 0) is 24.3 Å². The molecular formula is C8H6ClO2. The van der Waals surface area contributed by atoms with Crippen molar-refractivity contribution in [2.24, 2.45) is 0 Å².